The zero-order valence-corrected chi connectivity index (χ0v) is 14.1. The Kier molecular flexibility index (Phi) is 13.0. The predicted molar refractivity (Wildman–Crippen MR) is 81.3 cm³/mol. The molecule has 5 nitrogen and oxygen atoms in total. The van der Waals surface area contributed by atoms with Crippen LogP contribution in [0.2, 0.25) is 0 Å². The third-order valence-electron chi connectivity index (χ3n) is 2.99. The van der Waals surface area contributed by atoms with Gasteiger partial charge in [-0.05, 0) is 59.5 Å². The van der Waals surface area contributed by atoms with Crippen LogP contribution < -0.4 is 11.1 Å². The first kappa shape index (κ1) is 19.0. The Bertz CT molecular complexity index is 176. The highest BCUT2D eigenvalue weighted by molar-refractivity contribution is 6.36. The van der Waals surface area contributed by atoms with Gasteiger partial charge in [0.15, 0.2) is 0 Å². The first-order chi connectivity index (χ1) is 9.15. The molecule has 0 bridgehead atoms. The van der Waals surface area contributed by atoms with Gasteiger partial charge < -0.3 is 24.3 Å². The molecule has 0 aliphatic carbocycles. The molecule has 0 amide bonds. The molecule has 0 spiro atoms. The van der Waals surface area contributed by atoms with E-state index in [1.54, 1.807) is 0 Å². The lowest BCUT2D eigenvalue weighted by Crippen LogP contribution is -2.39. The first-order valence-electron chi connectivity index (χ1n) is 7.46. The summed E-state index contributed by atoms with van der Waals surface area (Å²) < 4.78 is 15.7. The van der Waals surface area contributed by atoms with Crippen LogP contribution in [-0.2, 0) is 13.3 Å². The second-order valence-corrected chi connectivity index (χ2v) is 6.20. The molecular weight excluding hydrogens is 260 g/mol. The van der Waals surface area contributed by atoms with Crippen LogP contribution in [0.5, 0.6) is 0 Å². The number of hydrogen-bond acceptors (Lipinski definition) is 5. The summed E-state index contributed by atoms with van der Waals surface area (Å²) in [4.78, 5) is 0. The van der Waals surface area contributed by atoms with Crippen LogP contribution in [0, 0.1) is 5.92 Å². The molecule has 0 aromatic carbocycles. The average Bonchev–Trinajstić information content (AvgIpc) is 2.41. The van der Waals surface area contributed by atoms with Crippen molar-refractivity contribution in [3.05, 3.63) is 0 Å². The Morgan fingerprint density at radius 2 is 1.68 bits per heavy atom. The van der Waals surface area contributed by atoms with E-state index in [0.717, 1.165) is 12.5 Å². The number of hydrogen-bond donors (Lipinski definition) is 2. The molecule has 6 heteroatoms. The molecule has 116 valence electrons. The third kappa shape index (κ3) is 10.5. The molecule has 1 aliphatic heterocycles. The standard InChI is InChI=1S/C7H16N2.C6H16O3Si/c1-6(8)7-3-2-4-9-5-7;1-4-7-10(8-5-2)9-6-3/h6-7,9H,2-5,8H2,1H3;10H,4-6H2,1-3H3. The SMILES string of the molecule is CC(N)C1CCCNC1.CCO[SiH](OCC)OCC. The smallest absolute Gasteiger partial charge is 0.376 e. The summed E-state index contributed by atoms with van der Waals surface area (Å²) in [6.45, 7) is 12.3. The zero-order chi connectivity index (χ0) is 14.5. The van der Waals surface area contributed by atoms with Gasteiger partial charge in [0.1, 0.15) is 0 Å². The quantitative estimate of drug-likeness (QED) is 0.689. The monoisotopic (exact) mass is 292 g/mol. The van der Waals surface area contributed by atoms with Gasteiger partial charge in [0, 0.05) is 25.9 Å². The number of nitrogens with one attached hydrogen (secondary N) is 1. The van der Waals surface area contributed by atoms with E-state index in [-0.39, 0.29) is 0 Å². The van der Waals surface area contributed by atoms with E-state index in [9.17, 15) is 0 Å². The van der Waals surface area contributed by atoms with Crippen molar-refractivity contribution in [2.24, 2.45) is 11.7 Å². The molecule has 1 saturated heterocycles. The van der Waals surface area contributed by atoms with Gasteiger partial charge in [-0.25, -0.2) is 0 Å². The van der Waals surface area contributed by atoms with Gasteiger partial charge in [0.05, 0.1) is 0 Å². The molecule has 1 fully saturated rings. The molecule has 19 heavy (non-hydrogen) atoms. The van der Waals surface area contributed by atoms with Gasteiger partial charge in [-0.1, -0.05) is 0 Å². The minimum atomic E-state index is -1.73. The van der Waals surface area contributed by atoms with E-state index in [2.05, 4.69) is 12.2 Å². The summed E-state index contributed by atoms with van der Waals surface area (Å²) in [7, 11) is -1.73. The molecule has 0 saturated carbocycles. The lowest BCUT2D eigenvalue weighted by Gasteiger charge is -2.25. The highest BCUT2D eigenvalue weighted by Gasteiger charge is 2.15. The van der Waals surface area contributed by atoms with Crippen LogP contribution in [0.3, 0.4) is 0 Å². The highest BCUT2D eigenvalue weighted by atomic mass is 28.3. The van der Waals surface area contributed by atoms with Gasteiger partial charge in [0.25, 0.3) is 0 Å². The summed E-state index contributed by atoms with van der Waals surface area (Å²) in [5.41, 5.74) is 5.73. The highest BCUT2D eigenvalue weighted by Crippen LogP contribution is 2.11. The summed E-state index contributed by atoms with van der Waals surface area (Å²) >= 11 is 0. The lowest BCUT2D eigenvalue weighted by molar-refractivity contribution is 0.107. The van der Waals surface area contributed by atoms with E-state index < -0.39 is 9.53 Å². The predicted octanol–water partition coefficient (Wildman–Crippen LogP) is 1.15. The molecule has 2 unspecified atom stereocenters. The second kappa shape index (κ2) is 13.0. The van der Waals surface area contributed by atoms with E-state index in [1.807, 2.05) is 20.8 Å². The van der Waals surface area contributed by atoms with Crippen LogP contribution in [0.1, 0.15) is 40.5 Å². The minimum Gasteiger partial charge on any atom is -0.376 e. The van der Waals surface area contributed by atoms with Crippen molar-refractivity contribution < 1.29 is 13.3 Å². The van der Waals surface area contributed by atoms with Crippen molar-refractivity contribution in [3.8, 4) is 0 Å². The Balaban J connectivity index is 0.000000342. The van der Waals surface area contributed by atoms with E-state index in [1.165, 1.54) is 19.4 Å². The van der Waals surface area contributed by atoms with Crippen LogP contribution in [-0.4, -0.2) is 48.5 Å². The summed E-state index contributed by atoms with van der Waals surface area (Å²) in [5, 5.41) is 3.34. The van der Waals surface area contributed by atoms with Crippen LogP contribution in [0.15, 0.2) is 0 Å². The molecule has 3 N–H and O–H groups in total. The first-order valence-corrected chi connectivity index (χ1v) is 8.88. The molecule has 1 heterocycles. The second-order valence-electron chi connectivity index (χ2n) is 4.62. The Morgan fingerprint density at radius 3 is 1.95 bits per heavy atom. The fourth-order valence-electron chi connectivity index (χ4n) is 1.88. The van der Waals surface area contributed by atoms with Crippen molar-refractivity contribution in [1.29, 1.82) is 0 Å². The van der Waals surface area contributed by atoms with Crippen LogP contribution >= 0.6 is 0 Å². The molecule has 2 atom stereocenters. The minimum absolute atomic E-state index is 0.373. The van der Waals surface area contributed by atoms with Gasteiger partial charge in [-0.3, -0.25) is 0 Å². The van der Waals surface area contributed by atoms with E-state index >= 15 is 0 Å². The fraction of sp³-hybridized carbons (Fsp3) is 1.00. The van der Waals surface area contributed by atoms with Gasteiger partial charge in [-0.2, -0.15) is 0 Å². The average molecular weight is 292 g/mol. The summed E-state index contributed by atoms with van der Waals surface area (Å²) in [6.07, 6.45) is 2.61. The molecule has 0 radical (unpaired) electrons. The molecule has 1 aliphatic rings. The molecule has 0 aromatic rings. The fourth-order valence-corrected chi connectivity index (χ4v) is 2.99. The Hall–Kier alpha value is 0.0169. The number of rotatable bonds is 7. The molecule has 0 aromatic heterocycles. The Labute approximate surface area is 120 Å². The van der Waals surface area contributed by atoms with Crippen LogP contribution in [0.25, 0.3) is 0 Å². The van der Waals surface area contributed by atoms with Crippen molar-refractivity contribution >= 4 is 9.53 Å². The van der Waals surface area contributed by atoms with Crippen LogP contribution in [0.4, 0.5) is 0 Å². The Morgan fingerprint density at radius 1 is 1.16 bits per heavy atom. The van der Waals surface area contributed by atoms with Gasteiger partial charge >= 0.3 is 9.53 Å². The van der Waals surface area contributed by atoms with Gasteiger partial charge in [-0.15, -0.1) is 0 Å². The van der Waals surface area contributed by atoms with Crippen molar-refractivity contribution in [2.75, 3.05) is 32.9 Å². The molecule has 1 rings (SSSR count). The van der Waals surface area contributed by atoms with Crippen molar-refractivity contribution in [2.45, 2.75) is 46.6 Å². The summed E-state index contributed by atoms with van der Waals surface area (Å²) in [6, 6.07) is 0.373. The summed E-state index contributed by atoms with van der Waals surface area (Å²) in [5.74, 6) is 0.721. The van der Waals surface area contributed by atoms with Crippen molar-refractivity contribution in [3.63, 3.8) is 0 Å². The maximum absolute atomic E-state index is 5.73. The third-order valence-corrected chi connectivity index (χ3v) is 4.80. The lowest BCUT2D eigenvalue weighted by atomic mass is 9.94. The zero-order valence-electron chi connectivity index (χ0n) is 13.0. The maximum atomic E-state index is 5.73. The number of nitrogens with two attached hydrogens (primary N) is 1. The van der Waals surface area contributed by atoms with Gasteiger partial charge in [0.2, 0.25) is 0 Å². The number of piperidine rings is 1. The molecular formula is C13H32N2O3Si. The normalized spacial score (nSPS) is 20.8. The van der Waals surface area contributed by atoms with E-state index in [4.69, 9.17) is 19.0 Å². The van der Waals surface area contributed by atoms with Crippen molar-refractivity contribution in [1.82, 2.24) is 5.32 Å². The largest absolute Gasteiger partial charge is 0.484 e. The topological polar surface area (TPSA) is 65.7 Å². The maximum Gasteiger partial charge on any atom is 0.484 e. The van der Waals surface area contributed by atoms with E-state index in [0.29, 0.717) is 25.9 Å².